The number of aromatic nitrogens is 1. The fourth-order valence-corrected chi connectivity index (χ4v) is 1.96. The van der Waals surface area contributed by atoms with Gasteiger partial charge in [0.25, 0.3) is 0 Å². The van der Waals surface area contributed by atoms with E-state index >= 15 is 0 Å². The number of fused-ring (bicyclic) bond motifs is 1. The number of aromatic amines is 1. The summed E-state index contributed by atoms with van der Waals surface area (Å²) >= 11 is 0. The van der Waals surface area contributed by atoms with Gasteiger partial charge in [0.05, 0.1) is 0 Å². The van der Waals surface area contributed by atoms with Crippen molar-refractivity contribution in [2.45, 2.75) is 0 Å². The topological polar surface area (TPSA) is 32.9 Å². The van der Waals surface area contributed by atoms with Crippen molar-refractivity contribution in [3.05, 3.63) is 71.7 Å². The quantitative estimate of drug-likeness (QED) is 0.682. The highest BCUT2D eigenvalue weighted by molar-refractivity contribution is 6.10. The number of carbonyl (C=O) groups is 1. The molecular weight excluding hydrogens is 229 g/mol. The van der Waals surface area contributed by atoms with Crippen molar-refractivity contribution < 1.29 is 9.18 Å². The molecule has 0 atom stereocenters. The molecule has 3 rings (SSSR count). The van der Waals surface area contributed by atoms with Crippen LogP contribution in [0.1, 0.15) is 15.9 Å². The van der Waals surface area contributed by atoms with Crippen LogP contribution >= 0.6 is 0 Å². The minimum absolute atomic E-state index is 0.105. The third kappa shape index (κ3) is 1.80. The molecule has 0 fully saturated rings. The van der Waals surface area contributed by atoms with E-state index < -0.39 is 0 Å². The maximum atomic E-state index is 12.8. The third-order valence-corrected chi connectivity index (χ3v) is 2.92. The molecule has 1 heterocycles. The first-order valence-electron chi connectivity index (χ1n) is 5.61. The summed E-state index contributed by atoms with van der Waals surface area (Å²) in [6.45, 7) is 0. The van der Waals surface area contributed by atoms with Gasteiger partial charge in [-0.25, -0.2) is 4.39 Å². The molecular formula is C15H10FNO. The Morgan fingerprint density at radius 3 is 2.44 bits per heavy atom. The Morgan fingerprint density at radius 1 is 0.944 bits per heavy atom. The van der Waals surface area contributed by atoms with E-state index in [4.69, 9.17) is 0 Å². The number of rotatable bonds is 2. The van der Waals surface area contributed by atoms with Gasteiger partial charge in [0, 0.05) is 22.8 Å². The van der Waals surface area contributed by atoms with Crippen LogP contribution in [0.25, 0.3) is 10.9 Å². The Bertz CT molecular complexity index is 713. The number of H-pyrrole nitrogens is 1. The zero-order valence-corrected chi connectivity index (χ0v) is 9.48. The zero-order chi connectivity index (χ0) is 12.5. The Kier molecular flexibility index (Phi) is 2.45. The first kappa shape index (κ1) is 10.7. The molecule has 0 aliphatic heterocycles. The van der Waals surface area contributed by atoms with Crippen LogP contribution in [0.15, 0.2) is 54.7 Å². The molecule has 18 heavy (non-hydrogen) atoms. The molecule has 2 nitrogen and oxygen atoms in total. The summed E-state index contributed by atoms with van der Waals surface area (Å²) in [4.78, 5) is 15.2. The van der Waals surface area contributed by atoms with Crippen LogP contribution in [0, 0.1) is 5.82 Å². The van der Waals surface area contributed by atoms with Gasteiger partial charge >= 0.3 is 0 Å². The number of halogens is 1. The third-order valence-electron chi connectivity index (χ3n) is 2.92. The summed E-state index contributed by atoms with van der Waals surface area (Å²) < 4.78 is 12.8. The summed E-state index contributed by atoms with van der Waals surface area (Å²) in [6.07, 6.45) is 1.83. The molecule has 0 aliphatic carbocycles. The average molecular weight is 239 g/mol. The lowest BCUT2D eigenvalue weighted by Gasteiger charge is -2.01. The second kappa shape index (κ2) is 4.11. The van der Waals surface area contributed by atoms with Crippen molar-refractivity contribution in [2.75, 3.05) is 0 Å². The fraction of sp³-hybridized carbons (Fsp3) is 0. The molecule has 3 heteroatoms. The Labute approximate surface area is 103 Å². The van der Waals surface area contributed by atoms with E-state index in [0.29, 0.717) is 11.1 Å². The van der Waals surface area contributed by atoms with Crippen molar-refractivity contribution in [1.29, 1.82) is 0 Å². The van der Waals surface area contributed by atoms with Crippen LogP contribution in [0.4, 0.5) is 4.39 Å². The molecule has 0 radical (unpaired) electrons. The minimum Gasteiger partial charge on any atom is -0.361 e. The molecule has 0 spiro atoms. The highest BCUT2D eigenvalue weighted by Gasteiger charge is 2.09. The Balaban J connectivity index is 2.03. The summed E-state index contributed by atoms with van der Waals surface area (Å²) in [5.41, 5.74) is 2.00. The lowest BCUT2D eigenvalue weighted by Crippen LogP contribution is -2.00. The standard InChI is InChI=1S/C15H10FNO/c16-13-5-3-11(4-6-13)15(18)12-2-1-10-7-8-17-14(10)9-12/h1-9,17H. The van der Waals surface area contributed by atoms with Gasteiger partial charge < -0.3 is 4.98 Å². The van der Waals surface area contributed by atoms with Crippen molar-refractivity contribution >= 4 is 16.7 Å². The van der Waals surface area contributed by atoms with E-state index in [0.717, 1.165) is 10.9 Å². The molecule has 0 amide bonds. The fourth-order valence-electron chi connectivity index (χ4n) is 1.96. The number of carbonyl (C=O) groups excluding carboxylic acids is 1. The van der Waals surface area contributed by atoms with Gasteiger partial charge in [0.15, 0.2) is 5.78 Å². The lowest BCUT2D eigenvalue weighted by atomic mass is 10.0. The predicted octanol–water partition coefficient (Wildman–Crippen LogP) is 3.54. The van der Waals surface area contributed by atoms with Gasteiger partial charge in [0.1, 0.15) is 5.82 Å². The molecule has 88 valence electrons. The molecule has 3 aromatic rings. The van der Waals surface area contributed by atoms with Gasteiger partial charge in [-0.1, -0.05) is 12.1 Å². The van der Waals surface area contributed by atoms with Gasteiger partial charge in [-0.15, -0.1) is 0 Å². The van der Waals surface area contributed by atoms with E-state index in [1.54, 1.807) is 12.1 Å². The first-order chi connectivity index (χ1) is 8.74. The van der Waals surface area contributed by atoms with Gasteiger partial charge in [-0.3, -0.25) is 4.79 Å². The smallest absolute Gasteiger partial charge is 0.193 e. The normalized spacial score (nSPS) is 10.7. The molecule has 0 bridgehead atoms. The maximum Gasteiger partial charge on any atom is 0.193 e. The van der Waals surface area contributed by atoms with E-state index in [1.165, 1.54) is 24.3 Å². The Morgan fingerprint density at radius 2 is 1.67 bits per heavy atom. The van der Waals surface area contributed by atoms with Crippen LogP contribution < -0.4 is 0 Å². The van der Waals surface area contributed by atoms with Gasteiger partial charge in [-0.2, -0.15) is 0 Å². The molecule has 0 saturated heterocycles. The monoisotopic (exact) mass is 239 g/mol. The average Bonchev–Trinajstić information content (AvgIpc) is 2.86. The lowest BCUT2D eigenvalue weighted by molar-refractivity contribution is 0.103. The highest BCUT2D eigenvalue weighted by atomic mass is 19.1. The second-order valence-corrected chi connectivity index (χ2v) is 4.12. The Hall–Kier alpha value is -2.42. The van der Waals surface area contributed by atoms with Crippen molar-refractivity contribution in [2.24, 2.45) is 0 Å². The predicted molar refractivity (Wildman–Crippen MR) is 68.1 cm³/mol. The number of hydrogen-bond donors (Lipinski definition) is 1. The molecule has 0 saturated carbocycles. The summed E-state index contributed by atoms with van der Waals surface area (Å²) in [5.74, 6) is -0.446. The van der Waals surface area contributed by atoms with Crippen molar-refractivity contribution in [3.63, 3.8) is 0 Å². The summed E-state index contributed by atoms with van der Waals surface area (Å²) in [6, 6.07) is 13.0. The molecule has 1 aromatic heterocycles. The summed E-state index contributed by atoms with van der Waals surface area (Å²) in [7, 11) is 0. The molecule has 2 aromatic carbocycles. The van der Waals surface area contributed by atoms with Crippen molar-refractivity contribution in [3.8, 4) is 0 Å². The number of ketones is 1. The molecule has 0 aliphatic rings. The van der Waals surface area contributed by atoms with Crippen molar-refractivity contribution in [1.82, 2.24) is 4.98 Å². The van der Waals surface area contributed by atoms with Gasteiger partial charge in [-0.05, 0) is 41.8 Å². The van der Waals surface area contributed by atoms with Crippen LogP contribution in [0.2, 0.25) is 0 Å². The second-order valence-electron chi connectivity index (χ2n) is 4.12. The minimum atomic E-state index is -0.341. The largest absolute Gasteiger partial charge is 0.361 e. The number of nitrogens with one attached hydrogen (secondary N) is 1. The summed E-state index contributed by atoms with van der Waals surface area (Å²) in [5, 5.41) is 1.06. The van der Waals surface area contributed by atoms with E-state index in [-0.39, 0.29) is 11.6 Å². The molecule has 0 unspecified atom stereocenters. The van der Waals surface area contributed by atoms with Crippen LogP contribution in [0.5, 0.6) is 0 Å². The van der Waals surface area contributed by atoms with Crippen LogP contribution in [-0.2, 0) is 0 Å². The molecule has 1 N–H and O–H groups in total. The highest BCUT2D eigenvalue weighted by Crippen LogP contribution is 2.17. The first-order valence-corrected chi connectivity index (χ1v) is 5.61. The SMILES string of the molecule is O=C(c1ccc(F)cc1)c1ccc2cc[nH]c2c1. The maximum absolute atomic E-state index is 12.8. The van der Waals surface area contributed by atoms with E-state index in [1.807, 2.05) is 18.3 Å². The number of benzene rings is 2. The van der Waals surface area contributed by atoms with Crippen LogP contribution in [-0.4, -0.2) is 10.8 Å². The zero-order valence-electron chi connectivity index (χ0n) is 9.48. The van der Waals surface area contributed by atoms with Gasteiger partial charge in [0.2, 0.25) is 0 Å². The van der Waals surface area contributed by atoms with E-state index in [2.05, 4.69) is 4.98 Å². The van der Waals surface area contributed by atoms with Crippen LogP contribution in [0.3, 0.4) is 0 Å². The van der Waals surface area contributed by atoms with E-state index in [9.17, 15) is 9.18 Å². The number of hydrogen-bond acceptors (Lipinski definition) is 1.